The van der Waals surface area contributed by atoms with Gasteiger partial charge >= 0.3 is 0 Å². The monoisotopic (exact) mass is 249 g/mol. The number of nitrogens with zero attached hydrogens (tertiary/aromatic N) is 2. The van der Waals surface area contributed by atoms with Crippen LogP contribution in [0.25, 0.3) is 0 Å². The topological polar surface area (TPSA) is 51.0 Å². The molecule has 0 amide bonds. The number of thioether (sulfide) groups is 1. The minimum Gasteiger partial charge on any atom is -0.423 e. The molecule has 90 valence electrons. The SMILES string of the molecule is CCNCc1nnc(CSc2ccccc2)o1. The van der Waals surface area contributed by atoms with Gasteiger partial charge in [0.25, 0.3) is 0 Å². The Balaban J connectivity index is 1.85. The number of aromatic nitrogens is 2. The molecule has 1 aromatic heterocycles. The van der Waals surface area contributed by atoms with Gasteiger partial charge in [0, 0.05) is 4.90 Å². The summed E-state index contributed by atoms with van der Waals surface area (Å²) in [6, 6.07) is 10.2. The highest BCUT2D eigenvalue weighted by Gasteiger charge is 2.05. The van der Waals surface area contributed by atoms with E-state index in [-0.39, 0.29) is 0 Å². The van der Waals surface area contributed by atoms with E-state index >= 15 is 0 Å². The van der Waals surface area contributed by atoms with Crippen LogP contribution in [-0.4, -0.2) is 16.7 Å². The first kappa shape index (κ1) is 12.1. The third-order valence-electron chi connectivity index (χ3n) is 2.14. The minimum atomic E-state index is 0.638. The highest BCUT2D eigenvalue weighted by molar-refractivity contribution is 7.98. The molecule has 0 bridgehead atoms. The van der Waals surface area contributed by atoms with E-state index in [1.54, 1.807) is 11.8 Å². The predicted octanol–water partition coefficient (Wildman–Crippen LogP) is 2.47. The third kappa shape index (κ3) is 3.87. The summed E-state index contributed by atoms with van der Waals surface area (Å²) in [6.45, 7) is 3.58. The molecule has 0 spiro atoms. The largest absolute Gasteiger partial charge is 0.423 e. The van der Waals surface area contributed by atoms with Crippen molar-refractivity contribution in [2.45, 2.75) is 24.1 Å². The smallest absolute Gasteiger partial charge is 0.230 e. The summed E-state index contributed by atoms with van der Waals surface area (Å²) in [6.07, 6.45) is 0. The van der Waals surface area contributed by atoms with E-state index in [2.05, 4.69) is 27.6 Å². The quantitative estimate of drug-likeness (QED) is 0.797. The predicted molar refractivity (Wildman–Crippen MR) is 67.7 cm³/mol. The molecule has 2 aromatic rings. The van der Waals surface area contributed by atoms with E-state index in [9.17, 15) is 0 Å². The molecule has 1 heterocycles. The summed E-state index contributed by atoms with van der Waals surface area (Å²) >= 11 is 1.69. The number of nitrogens with one attached hydrogen (secondary N) is 1. The van der Waals surface area contributed by atoms with Gasteiger partial charge in [-0.3, -0.25) is 0 Å². The van der Waals surface area contributed by atoms with Gasteiger partial charge in [-0.25, -0.2) is 0 Å². The number of hydrogen-bond acceptors (Lipinski definition) is 5. The molecule has 2 rings (SSSR count). The van der Waals surface area contributed by atoms with Crippen LogP contribution in [0.2, 0.25) is 0 Å². The van der Waals surface area contributed by atoms with Crippen molar-refractivity contribution in [3.8, 4) is 0 Å². The van der Waals surface area contributed by atoms with Gasteiger partial charge in [0.05, 0.1) is 12.3 Å². The van der Waals surface area contributed by atoms with Crippen LogP contribution in [-0.2, 0) is 12.3 Å². The lowest BCUT2D eigenvalue weighted by Gasteiger charge is -1.97. The van der Waals surface area contributed by atoms with E-state index in [4.69, 9.17) is 4.42 Å². The lowest BCUT2D eigenvalue weighted by atomic mass is 10.4. The minimum absolute atomic E-state index is 0.638. The zero-order chi connectivity index (χ0) is 11.9. The number of benzene rings is 1. The molecule has 1 N–H and O–H groups in total. The van der Waals surface area contributed by atoms with Crippen molar-refractivity contribution >= 4 is 11.8 Å². The Kier molecular flexibility index (Phi) is 4.58. The van der Waals surface area contributed by atoms with E-state index in [0.717, 1.165) is 6.54 Å². The maximum absolute atomic E-state index is 5.50. The molecule has 0 aliphatic carbocycles. The van der Waals surface area contributed by atoms with Gasteiger partial charge in [-0.2, -0.15) is 0 Å². The van der Waals surface area contributed by atoms with Crippen molar-refractivity contribution < 1.29 is 4.42 Å². The second-order valence-electron chi connectivity index (χ2n) is 3.47. The molecule has 0 radical (unpaired) electrons. The Morgan fingerprint density at radius 3 is 2.71 bits per heavy atom. The molecule has 0 saturated carbocycles. The molecule has 0 unspecified atom stereocenters. The molecule has 0 aliphatic rings. The van der Waals surface area contributed by atoms with Gasteiger partial charge in [0.2, 0.25) is 11.8 Å². The molecule has 1 aromatic carbocycles. The number of hydrogen-bond donors (Lipinski definition) is 1. The normalized spacial score (nSPS) is 10.6. The summed E-state index contributed by atoms with van der Waals surface area (Å²) in [5.41, 5.74) is 0. The van der Waals surface area contributed by atoms with Gasteiger partial charge in [-0.1, -0.05) is 25.1 Å². The lowest BCUT2D eigenvalue weighted by molar-refractivity contribution is 0.447. The first-order valence-electron chi connectivity index (χ1n) is 5.58. The van der Waals surface area contributed by atoms with Gasteiger partial charge in [0.1, 0.15) is 0 Å². The van der Waals surface area contributed by atoms with Crippen LogP contribution in [0, 0.1) is 0 Å². The summed E-state index contributed by atoms with van der Waals surface area (Å²) in [5.74, 6) is 2.03. The van der Waals surface area contributed by atoms with E-state index in [1.807, 2.05) is 25.1 Å². The van der Waals surface area contributed by atoms with Crippen molar-refractivity contribution in [3.63, 3.8) is 0 Å². The summed E-state index contributed by atoms with van der Waals surface area (Å²) in [4.78, 5) is 1.21. The van der Waals surface area contributed by atoms with Crippen LogP contribution in [0.4, 0.5) is 0 Å². The Hall–Kier alpha value is -1.33. The maximum Gasteiger partial charge on any atom is 0.230 e. The molecule has 0 atom stereocenters. The standard InChI is InChI=1S/C12H15N3OS/c1-2-13-8-11-14-15-12(16-11)9-17-10-6-4-3-5-7-10/h3-7,13H,2,8-9H2,1H3. The fourth-order valence-electron chi connectivity index (χ4n) is 1.31. The Bertz CT molecular complexity index is 444. The van der Waals surface area contributed by atoms with Gasteiger partial charge in [-0.15, -0.1) is 22.0 Å². The van der Waals surface area contributed by atoms with Crippen LogP contribution in [0.3, 0.4) is 0 Å². The molecular formula is C12H15N3OS. The third-order valence-corrected chi connectivity index (χ3v) is 3.14. The highest BCUT2D eigenvalue weighted by atomic mass is 32.2. The average Bonchev–Trinajstić information content (AvgIpc) is 2.83. The fraction of sp³-hybridized carbons (Fsp3) is 0.333. The van der Waals surface area contributed by atoms with E-state index in [1.165, 1.54) is 4.90 Å². The van der Waals surface area contributed by atoms with Crippen LogP contribution in [0.1, 0.15) is 18.7 Å². The summed E-state index contributed by atoms with van der Waals surface area (Å²) in [5, 5.41) is 11.1. The van der Waals surface area contributed by atoms with Crippen molar-refractivity contribution in [3.05, 3.63) is 42.1 Å². The maximum atomic E-state index is 5.50. The van der Waals surface area contributed by atoms with E-state index < -0.39 is 0 Å². The zero-order valence-electron chi connectivity index (χ0n) is 9.72. The molecule has 0 fully saturated rings. The molecule has 0 saturated heterocycles. The van der Waals surface area contributed by atoms with Gasteiger partial charge in [-0.05, 0) is 18.7 Å². The van der Waals surface area contributed by atoms with Crippen molar-refractivity contribution in [1.82, 2.24) is 15.5 Å². The summed E-state index contributed by atoms with van der Waals surface area (Å²) in [7, 11) is 0. The molecule has 0 aliphatic heterocycles. The van der Waals surface area contributed by atoms with Gasteiger partial charge in [0.15, 0.2) is 0 Å². The summed E-state index contributed by atoms with van der Waals surface area (Å²) < 4.78 is 5.50. The molecule has 17 heavy (non-hydrogen) atoms. The van der Waals surface area contributed by atoms with E-state index in [0.29, 0.717) is 24.1 Å². The van der Waals surface area contributed by atoms with Crippen LogP contribution in [0.15, 0.2) is 39.6 Å². The van der Waals surface area contributed by atoms with Crippen molar-refractivity contribution in [2.24, 2.45) is 0 Å². The lowest BCUT2D eigenvalue weighted by Crippen LogP contribution is -2.11. The fourth-order valence-corrected chi connectivity index (χ4v) is 2.07. The van der Waals surface area contributed by atoms with Crippen molar-refractivity contribution in [1.29, 1.82) is 0 Å². The Morgan fingerprint density at radius 1 is 1.18 bits per heavy atom. The molecule has 5 heteroatoms. The highest BCUT2D eigenvalue weighted by Crippen LogP contribution is 2.21. The average molecular weight is 249 g/mol. The Morgan fingerprint density at radius 2 is 1.94 bits per heavy atom. The van der Waals surface area contributed by atoms with Crippen molar-refractivity contribution in [2.75, 3.05) is 6.54 Å². The zero-order valence-corrected chi connectivity index (χ0v) is 10.5. The second-order valence-corrected chi connectivity index (χ2v) is 4.52. The van der Waals surface area contributed by atoms with Gasteiger partial charge < -0.3 is 9.73 Å². The second kappa shape index (κ2) is 6.42. The Labute approximate surface area is 105 Å². The van der Waals surface area contributed by atoms with Crippen LogP contribution in [0.5, 0.6) is 0 Å². The first-order chi connectivity index (χ1) is 8.38. The van der Waals surface area contributed by atoms with Crippen LogP contribution >= 0.6 is 11.8 Å². The first-order valence-corrected chi connectivity index (χ1v) is 6.57. The molecule has 4 nitrogen and oxygen atoms in total. The van der Waals surface area contributed by atoms with Crippen LogP contribution < -0.4 is 5.32 Å². The molecular weight excluding hydrogens is 234 g/mol. The number of rotatable bonds is 6.